The molecule has 3 aromatic rings. The minimum absolute atomic E-state index is 0.165. The van der Waals surface area contributed by atoms with Gasteiger partial charge in [-0.05, 0) is 43.5 Å². The van der Waals surface area contributed by atoms with Crippen LogP contribution in [0.15, 0.2) is 42.5 Å². The zero-order valence-electron chi connectivity index (χ0n) is 21.7. The molecule has 1 saturated heterocycles. The number of likely N-dealkylation sites (tertiary alicyclic amines) is 1. The summed E-state index contributed by atoms with van der Waals surface area (Å²) in [6.07, 6.45) is 2.14. The predicted molar refractivity (Wildman–Crippen MR) is 149 cm³/mol. The van der Waals surface area contributed by atoms with Crippen LogP contribution < -0.4 is 20.3 Å². The van der Waals surface area contributed by atoms with E-state index in [-0.39, 0.29) is 12.2 Å². The Hall–Kier alpha value is -2.91. The summed E-state index contributed by atoms with van der Waals surface area (Å²) in [6.45, 7) is 3.14. The SMILES string of the molecule is COc1cccc(N(C)C)c1CN1CCC(Nc2nc(NCCCP(=O)(O)O)nc3ccccc23)CC1. The van der Waals surface area contributed by atoms with Crippen LogP contribution in [-0.2, 0) is 11.1 Å². The maximum Gasteiger partial charge on any atom is 0.325 e. The molecule has 0 saturated carbocycles. The first kappa shape index (κ1) is 27.1. The molecule has 0 atom stereocenters. The van der Waals surface area contributed by atoms with E-state index in [1.807, 2.05) is 36.4 Å². The van der Waals surface area contributed by atoms with Gasteiger partial charge in [0.1, 0.15) is 11.6 Å². The van der Waals surface area contributed by atoms with Gasteiger partial charge in [0.05, 0.1) is 18.8 Å². The molecule has 2 heterocycles. The standard InChI is InChI=1S/C26H37N6O4P/c1-31(2)23-10-6-11-24(36-3)21(23)18-32-15-12-19(13-16-32)28-25-20-8-4-5-9-22(20)29-26(30-25)27-14-7-17-37(33,34)35/h4-6,8-11,19H,7,12-18H2,1-3H3,(H2,33,34,35)(H2,27,28,29,30). The van der Waals surface area contributed by atoms with Crippen molar-refractivity contribution in [3.63, 3.8) is 0 Å². The number of nitrogens with zero attached hydrogens (tertiary/aromatic N) is 4. The molecule has 0 amide bonds. The van der Waals surface area contributed by atoms with E-state index in [0.29, 0.717) is 18.9 Å². The van der Waals surface area contributed by atoms with Crippen LogP contribution in [0.4, 0.5) is 17.5 Å². The summed E-state index contributed by atoms with van der Waals surface area (Å²) >= 11 is 0. The van der Waals surface area contributed by atoms with Crippen molar-refractivity contribution >= 4 is 36.0 Å². The Kier molecular flexibility index (Phi) is 8.87. The molecule has 1 fully saturated rings. The van der Waals surface area contributed by atoms with Crippen molar-refractivity contribution in [3.8, 4) is 5.75 Å². The van der Waals surface area contributed by atoms with Crippen molar-refractivity contribution < 1.29 is 19.1 Å². The van der Waals surface area contributed by atoms with Crippen LogP contribution in [0.3, 0.4) is 0 Å². The minimum Gasteiger partial charge on any atom is -0.496 e. The fourth-order valence-electron chi connectivity index (χ4n) is 4.73. The zero-order valence-corrected chi connectivity index (χ0v) is 22.6. The molecule has 11 heteroatoms. The molecule has 1 aliphatic rings. The van der Waals surface area contributed by atoms with Crippen molar-refractivity contribution in [1.29, 1.82) is 0 Å². The van der Waals surface area contributed by atoms with Gasteiger partial charge in [0.25, 0.3) is 0 Å². The van der Waals surface area contributed by atoms with Crippen molar-refractivity contribution in [1.82, 2.24) is 14.9 Å². The van der Waals surface area contributed by atoms with Crippen molar-refractivity contribution in [3.05, 3.63) is 48.0 Å². The number of anilines is 3. The third-order valence-corrected chi connectivity index (χ3v) is 7.53. The molecular weight excluding hydrogens is 491 g/mol. The van der Waals surface area contributed by atoms with Crippen molar-refractivity contribution in [2.24, 2.45) is 0 Å². The first-order valence-electron chi connectivity index (χ1n) is 12.6. The van der Waals surface area contributed by atoms with Crippen LogP contribution >= 0.6 is 7.60 Å². The summed E-state index contributed by atoms with van der Waals surface area (Å²) < 4.78 is 16.8. The molecule has 200 valence electrons. The van der Waals surface area contributed by atoms with E-state index in [9.17, 15) is 4.57 Å². The molecule has 0 bridgehead atoms. The number of fused-ring (bicyclic) bond motifs is 1. The van der Waals surface area contributed by atoms with Crippen molar-refractivity contribution in [2.45, 2.75) is 31.8 Å². The maximum absolute atomic E-state index is 11.1. The Bertz CT molecular complexity index is 1240. The fraction of sp³-hybridized carbons (Fsp3) is 0.462. The molecule has 0 spiro atoms. The quantitative estimate of drug-likeness (QED) is 0.216. The van der Waals surface area contributed by atoms with Gasteiger partial charge in [-0.1, -0.05) is 18.2 Å². The molecule has 0 unspecified atom stereocenters. The number of rotatable bonds is 11. The highest BCUT2D eigenvalue weighted by Crippen LogP contribution is 2.35. The zero-order chi connectivity index (χ0) is 26.4. The second-order valence-electron chi connectivity index (χ2n) is 9.63. The number of nitrogens with one attached hydrogen (secondary N) is 2. The topological polar surface area (TPSA) is 123 Å². The van der Waals surface area contributed by atoms with Gasteiger partial charge >= 0.3 is 7.60 Å². The highest BCUT2D eigenvalue weighted by Gasteiger charge is 2.23. The minimum atomic E-state index is -4.01. The van der Waals surface area contributed by atoms with Gasteiger partial charge in [-0.25, -0.2) is 4.98 Å². The number of hydrogen-bond donors (Lipinski definition) is 4. The number of para-hydroxylation sites is 1. The Labute approximate surface area is 218 Å². The Morgan fingerprint density at radius 2 is 1.86 bits per heavy atom. The van der Waals surface area contributed by atoms with Crippen LogP contribution in [0.25, 0.3) is 10.9 Å². The lowest BCUT2D eigenvalue weighted by Gasteiger charge is -2.34. The first-order valence-corrected chi connectivity index (χ1v) is 14.4. The van der Waals surface area contributed by atoms with Gasteiger partial charge in [-0.3, -0.25) is 9.46 Å². The normalized spacial score (nSPS) is 15.1. The lowest BCUT2D eigenvalue weighted by atomic mass is 10.0. The molecule has 0 radical (unpaired) electrons. The van der Waals surface area contributed by atoms with Crippen LogP contribution in [0.1, 0.15) is 24.8 Å². The summed E-state index contributed by atoms with van der Waals surface area (Å²) in [4.78, 5) is 32.0. The number of ether oxygens (including phenoxy) is 1. The van der Waals surface area contributed by atoms with Gasteiger partial charge in [0.2, 0.25) is 5.95 Å². The number of benzene rings is 2. The highest BCUT2D eigenvalue weighted by molar-refractivity contribution is 7.51. The van der Waals surface area contributed by atoms with E-state index in [2.05, 4.69) is 45.6 Å². The molecule has 37 heavy (non-hydrogen) atoms. The largest absolute Gasteiger partial charge is 0.496 e. The van der Waals surface area contributed by atoms with Crippen LogP contribution in [0, 0.1) is 0 Å². The van der Waals surface area contributed by atoms with E-state index < -0.39 is 7.60 Å². The Balaban J connectivity index is 1.41. The molecular formula is C26H37N6O4P. The van der Waals surface area contributed by atoms with Crippen LogP contribution in [0.5, 0.6) is 5.75 Å². The average molecular weight is 529 g/mol. The van der Waals surface area contributed by atoms with Crippen molar-refractivity contribution in [2.75, 3.05) is 62.5 Å². The molecule has 10 nitrogen and oxygen atoms in total. The number of methoxy groups -OCH3 is 1. The van der Waals surface area contributed by atoms with Crippen LogP contribution in [0.2, 0.25) is 0 Å². The lowest BCUT2D eigenvalue weighted by Crippen LogP contribution is -2.39. The van der Waals surface area contributed by atoms with E-state index in [1.54, 1.807) is 7.11 Å². The molecule has 1 aromatic heterocycles. The molecule has 0 aliphatic carbocycles. The average Bonchev–Trinajstić information content (AvgIpc) is 2.87. The molecule has 1 aliphatic heterocycles. The monoisotopic (exact) mass is 528 g/mol. The third-order valence-electron chi connectivity index (χ3n) is 6.63. The predicted octanol–water partition coefficient (Wildman–Crippen LogP) is 3.76. The van der Waals surface area contributed by atoms with E-state index in [0.717, 1.165) is 54.9 Å². The molecule has 2 aromatic carbocycles. The molecule has 4 N–H and O–H groups in total. The third kappa shape index (κ3) is 7.32. The van der Waals surface area contributed by atoms with Gasteiger partial charge < -0.3 is 30.1 Å². The summed E-state index contributed by atoms with van der Waals surface area (Å²) in [5, 5.41) is 7.71. The van der Waals surface area contributed by atoms with Gasteiger partial charge in [0, 0.05) is 63.0 Å². The summed E-state index contributed by atoms with van der Waals surface area (Å²) in [5.74, 6) is 2.15. The second kappa shape index (κ2) is 12.1. The Morgan fingerprint density at radius 3 is 2.57 bits per heavy atom. The number of aromatic nitrogens is 2. The van der Waals surface area contributed by atoms with Crippen LogP contribution in [-0.4, -0.2) is 77.7 Å². The second-order valence-corrected chi connectivity index (χ2v) is 11.4. The lowest BCUT2D eigenvalue weighted by molar-refractivity contribution is 0.209. The smallest absolute Gasteiger partial charge is 0.325 e. The molecule has 4 rings (SSSR count). The number of hydrogen-bond acceptors (Lipinski definition) is 8. The highest BCUT2D eigenvalue weighted by atomic mass is 31.2. The summed E-state index contributed by atoms with van der Waals surface area (Å²) in [5.41, 5.74) is 3.20. The summed E-state index contributed by atoms with van der Waals surface area (Å²) in [6, 6.07) is 14.3. The fourth-order valence-corrected chi connectivity index (χ4v) is 5.30. The van der Waals surface area contributed by atoms with E-state index in [4.69, 9.17) is 19.5 Å². The van der Waals surface area contributed by atoms with E-state index in [1.165, 1.54) is 11.3 Å². The maximum atomic E-state index is 11.1. The number of piperidine rings is 1. The summed E-state index contributed by atoms with van der Waals surface area (Å²) in [7, 11) is 1.83. The van der Waals surface area contributed by atoms with Gasteiger partial charge in [0.15, 0.2) is 0 Å². The Morgan fingerprint density at radius 1 is 1.11 bits per heavy atom. The van der Waals surface area contributed by atoms with E-state index >= 15 is 0 Å². The van der Waals surface area contributed by atoms with Gasteiger partial charge in [-0.15, -0.1) is 0 Å². The van der Waals surface area contributed by atoms with Gasteiger partial charge in [-0.2, -0.15) is 4.98 Å². The first-order chi connectivity index (χ1) is 17.7.